The zero-order valence-corrected chi connectivity index (χ0v) is 5.99. The molecule has 4 heteroatoms. The first kappa shape index (κ1) is 6.97. The van der Waals surface area contributed by atoms with Crippen LogP contribution in [0.1, 0.15) is 0 Å². The maximum Gasteiger partial charge on any atom is 0.342 e. The van der Waals surface area contributed by atoms with E-state index in [1.807, 2.05) is 0 Å². The normalized spacial score (nSPS) is 21.5. The molecule has 2 bridgehead atoms. The standard InChI is InChI=1S/C8H4O4/c9-6-2-4-1-5(7(6)10)8(11)12-3-4/h1-2H,3H2. The molecule has 0 N–H and O–H groups in total. The van der Waals surface area contributed by atoms with Gasteiger partial charge in [-0.15, -0.1) is 0 Å². The van der Waals surface area contributed by atoms with Crippen LogP contribution in [0, 0.1) is 0 Å². The molecule has 0 fully saturated rings. The van der Waals surface area contributed by atoms with E-state index in [1.165, 1.54) is 12.2 Å². The van der Waals surface area contributed by atoms with Gasteiger partial charge in [-0.2, -0.15) is 0 Å². The van der Waals surface area contributed by atoms with E-state index in [2.05, 4.69) is 4.74 Å². The highest BCUT2D eigenvalue weighted by atomic mass is 16.5. The number of ether oxygens (including phenoxy) is 1. The van der Waals surface area contributed by atoms with Crippen molar-refractivity contribution in [3.05, 3.63) is 23.3 Å². The number of hydrogen-bond donors (Lipinski definition) is 0. The molecular weight excluding hydrogens is 160 g/mol. The molecule has 0 atom stereocenters. The van der Waals surface area contributed by atoms with Gasteiger partial charge in [0.2, 0.25) is 11.6 Å². The predicted octanol–water partition coefficient (Wildman–Crippen LogP) is -0.452. The number of esters is 1. The van der Waals surface area contributed by atoms with Gasteiger partial charge in [-0.3, -0.25) is 9.59 Å². The van der Waals surface area contributed by atoms with Gasteiger partial charge in [0.15, 0.2) is 0 Å². The lowest BCUT2D eigenvalue weighted by Crippen LogP contribution is -2.29. The van der Waals surface area contributed by atoms with Gasteiger partial charge >= 0.3 is 5.97 Å². The van der Waals surface area contributed by atoms with Crippen LogP contribution in [0.2, 0.25) is 0 Å². The molecule has 60 valence electrons. The minimum Gasteiger partial charge on any atom is -0.457 e. The molecule has 0 spiro atoms. The van der Waals surface area contributed by atoms with Crippen LogP contribution in [-0.2, 0) is 19.1 Å². The predicted molar refractivity (Wildman–Crippen MR) is 37.1 cm³/mol. The van der Waals surface area contributed by atoms with Crippen LogP contribution in [0.25, 0.3) is 0 Å². The van der Waals surface area contributed by atoms with Crippen molar-refractivity contribution in [2.24, 2.45) is 0 Å². The Morgan fingerprint density at radius 2 is 1.92 bits per heavy atom. The molecule has 4 nitrogen and oxygen atoms in total. The molecule has 0 radical (unpaired) electrons. The molecule has 0 saturated carbocycles. The van der Waals surface area contributed by atoms with Crippen LogP contribution < -0.4 is 0 Å². The van der Waals surface area contributed by atoms with Crippen molar-refractivity contribution < 1.29 is 19.1 Å². The average molecular weight is 164 g/mol. The molecule has 0 saturated heterocycles. The summed E-state index contributed by atoms with van der Waals surface area (Å²) in [6, 6.07) is 0. The summed E-state index contributed by atoms with van der Waals surface area (Å²) in [5.41, 5.74) is 0.429. The summed E-state index contributed by atoms with van der Waals surface area (Å²) in [6.07, 6.45) is 2.59. The smallest absolute Gasteiger partial charge is 0.342 e. The van der Waals surface area contributed by atoms with Crippen molar-refractivity contribution in [3.8, 4) is 0 Å². The summed E-state index contributed by atoms with van der Waals surface area (Å²) in [5, 5.41) is 0. The van der Waals surface area contributed by atoms with E-state index in [-0.39, 0.29) is 12.2 Å². The number of carbonyl (C=O) groups is 3. The summed E-state index contributed by atoms with van der Waals surface area (Å²) in [6.45, 7) is 0.0847. The fraction of sp³-hybridized carbons (Fsp3) is 0.125. The molecule has 0 aromatic heterocycles. The Balaban J connectivity index is 2.55. The second-order valence-electron chi connectivity index (χ2n) is 2.55. The fourth-order valence-electron chi connectivity index (χ4n) is 1.12. The van der Waals surface area contributed by atoms with E-state index in [0.717, 1.165) is 0 Å². The summed E-state index contributed by atoms with van der Waals surface area (Å²) in [4.78, 5) is 32.7. The molecule has 1 aliphatic carbocycles. The van der Waals surface area contributed by atoms with Gasteiger partial charge in [-0.1, -0.05) is 0 Å². The number of fused-ring (bicyclic) bond motifs is 1. The number of Topliss-reactive ketones (excluding diaryl/α,β-unsaturated/α-hetero) is 1. The van der Waals surface area contributed by atoms with Crippen LogP contribution in [-0.4, -0.2) is 24.1 Å². The lowest BCUT2D eigenvalue weighted by molar-refractivity contribution is -0.143. The van der Waals surface area contributed by atoms with Gasteiger partial charge < -0.3 is 4.74 Å². The molecule has 12 heavy (non-hydrogen) atoms. The minimum absolute atomic E-state index is 0.0847. The number of ketones is 2. The second-order valence-corrected chi connectivity index (χ2v) is 2.55. The third-order valence-electron chi connectivity index (χ3n) is 1.70. The summed E-state index contributed by atoms with van der Waals surface area (Å²) in [7, 11) is 0. The van der Waals surface area contributed by atoms with Crippen molar-refractivity contribution in [3.63, 3.8) is 0 Å². The van der Waals surface area contributed by atoms with Crippen molar-refractivity contribution in [1.29, 1.82) is 0 Å². The molecule has 0 amide bonds. The third kappa shape index (κ3) is 0.812. The topological polar surface area (TPSA) is 60.4 Å². The molecule has 2 rings (SSSR count). The highest BCUT2D eigenvalue weighted by Gasteiger charge is 2.31. The van der Waals surface area contributed by atoms with Gasteiger partial charge in [-0.05, 0) is 17.7 Å². The van der Waals surface area contributed by atoms with Gasteiger partial charge in [-0.25, -0.2) is 4.79 Å². The first-order chi connectivity index (χ1) is 5.68. The number of allylic oxidation sites excluding steroid dienone is 1. The van der Waals surface area contributed by atoms with Crippen LogP contribution in [0.3, 0.4) is 0 Å². The first-order valence-electron chi connectivity index (χ1n) is 3.36. The molecule has 0 unspecified atom stereocenters. The Labute approximate surface area is 67.5 Å². The maximum absolute atomic E-state index is 11.0. The zero-order valence-electron chi connectivity index (χ0n) is 5.99. The largest absolute Gasteiger partial charge is 0.457 e. The quantitative estimate of drug-likeness (QED) is 0.210. The molecule has 1 aliphatic heterocycles. The van der Waals surface area contributed by atoms with E-state index in [9.17, 15) is 14.4 Å². The fourth-order valence-corrected chi connectivity index (χ4v) is 1.12. The SMILES string of the molecule is O=C1C=C2C=C(C(=O)OC2)C1=O. The minimum atomic E-state index is -0.775. The Hall–Kier alpha value is -1.71. The second kappa shape index (κ2) is 2.14. The van der Waals surface area contributed by atoms with E-state index in [0.29, 0.717) is 5.57 Å². The van der Waals surface area contributed by atoms with Gasteiger partial charge in [0.25, 0.3) is 0 Å². The summed E-state index contributed by atoms with van der Waals surface area (Å²) < 4.78 is 4.62. The Morgan fingerprint density at radius 3 is 2.67 bits per heavy atom. The Bertz CT molecular complexity index is 359. The average Bonchev–Trinajstić information content (AvgIpc) is 2.06. The van der Waals surface area contributed by atoms with Crippen molar-refractivity contribution in [1.82, 2.24) is 0 Å². The van der Waals surface area contributed by atoms with Crippen LogP contribution in [0.15, 0.2) is 23.3 Å². The number of cyclic esters (lactones) is 1. The van der Waals surface area contributed by atoms with Crippen LogP contribution in [0.4, 0.5) is 0 Å². The van der Waals surface area contributed by atoms with Gasteiger partial charge in [0.1, 0.15) is 12.2 Å². The van der Waals surface area contributed by atoms with E-state index >= 15 is 0 Å². The van der Waals surface area contributed by atoms with Gasteiger partial charge in [0, 0.05) is 0 Å². The summed E-state index contributed by atoms with van der Waals surface area (Å²) in [5.74, 6) is -2.12. The molecular formula is C8H4O4. The number of rotatable bonds is 0. The monoisotopic (exact) mass is 164 g/mol. The van der Waals surface area contributed by atoms with Crippen molar-refractivity contribution in [2.45, 2.75) is 0 Å². The maximum atomic E-state index is 11.0. The Morgan fingerprint density at radius 1 is 1.17 bits per heavy atom. The van der Waals surface area contributed by atoms with E-state index < -0.39 is 17.5 Å². The highest BCUT2D eigenvalue weighted by molar-refractivity contribution is 6.53. The molecule has 0 aromatic carbocycles. The van der Waals surface area contributed by atoms with E-state index in [4.69, 9.17) is 0 Å². The molecule has 2 aliphatic rings. The van der Waals surface area contributed by atoms with E-state index in [1.54, 1.807) is 0 Å². The Kier molecular flexibility index (Phi) is 1.24. The highest BCUT2D eigenvalue weighted by Crippen LogP contribution is 2.18. The van der Waals surface area contributed by atoms with Crippen molar-refractivity contribution in [2.75, 3.05) is 6.61 Å². The van der Waals surface area contributed by atoms with Crippen LogP contribution >= 0.6 is 0 Å². The molecule has 1 heterocycles. The molecule has 0 aromatic rings. The lowest BCUT2D eigenvalue weighted by Gasteiger charge is -2.16. The lowest BCUT2D eigenvalue weighted by atomic mass is 9.96. The van der Waals surface area contributed by atoms with Gasteiger partial charge in [0.05, 0.1) is 0 Å². The summed E-state index contributed by atoms with van der Waals surface area (Å²) >= 11 is 0. The number of hydrogen-bond acceptors (Lipinski definition) is 4. The van der Waals surface area contributed by atoms with Crippen molar-refractivity contribution >= 4 is 17.5 Å². The third-order valence-corrected chi connectivity index (χ3v) is 1.70. The van der Waals surface area contributed by atoms with Crippen LogP contribution in [0.5, 0.6) is 0 Å². The number of carbonyl (C=O) groups excluding carboxylic acids is 3. The zero-order chi connectivity index (χ0) is 8.72. The first-order valence-corrected chi connectivity index (χ1v) is 3.36.